The molecule has 0 radical (unpaired) electrons. The number of furan rings is 1. The molecule has 5 nitrogen and oxygen atoms in total. The highest BCUT2D eigenvalue weighted by molar-refractivity contribution is 5.97. The maximum atomic E-state index is 12.1. The lowest BCUT2D eigenvalue weighted by atomic mass is 10.2. The van der Waals surface area contributed by atoms with Crippen molar-refractivity contribution in [2.24, 2.45) is 5.10 Å². The highest BCUT2D eigenvalue weighted by Crippen LogP contribution is 2.19. The summed E-state index contributed by atoms with van der Waals surface area (Å²) in [7, 11) is 0. The molecule has 0 aliphatic rings. The van der Waals surface area contributed by atoms with E-state index < -0.39 is 0 Å². The molecule has 5 heteroatoms. The van der Waals surface area contributed by atoms with Crippen LogP contribution in [0.1, 0.15) is 35.7 Å². The Labute approximate surface area is 123 Å². The second-order valence-corrected chi connectivity index (χ2v) is 4.81. The summed E-state index contributed by atoms with van der Waals surface area (Å²) in [5.74, 6) is 1.58. The Morgan fingerprint density at radius 2 is 2.05 bits per heavy atom. The predicted octanol–water partition coefficient (Wildman–Crippen LogP) is 3.14. The molecule has 21 heavy (non-hydrogen) atoms. The summed E-state index contributed by atoms with van der Waals surface area (Å²) in [5, 5.41) is 3.88. The largest absolute Gasteiger partial charge is 0.490 e. The third-order valence-corrected chi connectivity index (χ3v) is 2.61. The number of carbonyl (C=O) groups is 1. The van der Waals surface area contributed by atoms with E-state index in [-0.39, 0.29) is 12.0 Å². The van der Waals surface area contributed by atoms with Gasteiger partial charge in [-0.25, -0.2) is 5.43 Å². The van der Waals surface area contributed by atoms with Gasteiger partial charge in [0.25, 0.3) is 5.91 Å². The van der Waals surface area contributed by atoms with Crippen molar-refractivity contribution in [3.63, 3.8) is 0 Å². The molecule has 0 atom stereocenters. The molecule has 0 saturated carbocycles. The summed E-state index contributed by atoms with van der Waals surface area (Å²) >= 11 is 0. The van der Waals surface area contributed by atoms with Crippen LogP contribution in [-0.4, -0.2) is 18.2 Å². The van der Waals surface area contributed by atoms with Crippen LogP contribution >= 0.6 is 0 Å². The molecule has 2 rings (SSSR count). The first-order valence-corrected chi connectivity index (χ1v) is 6.72. The van der Waals surface area contributed by atoms with E-state index in [9.17, 15) is 4.79 Å². The van der Waals surface area contributed by atoms with Gasteiger partial charge in [-0.05, 0) is 45.0 Å². The van der Waals surface area contributed by atoms with E-state index in [4.69, 9.17) is 9.15 Å². The maximum Gasteiger partial charge on any atom is 0.275 e. The van der Waals surface area contributed by atoms with E-state index in [0.717, 1.165) is 5.76 Å². The molecule has 1 aromatic heterocycles. The minimum Gasteiger partial charge on any atom is -0.490 e. The maximum absolute atomic E-state index is 12.1. The third-order valence-electron chi connectivity index (χ3n) is 2.61. The lowest BCUT2D eigenvalue weighted by Crippen LogP contribution is -2.19. The Morgan fingerprint density at radius 1 is 1.29 bits per heavy atom. The highest BCUT2D eigenvalue weighted by Gasteiger charge is 2.12. The Bertz CT molecular complexity index is 644. The zero-order valence-corrected chi connectivity index (χ0v) is 12.3. The Hall–Kier alpha value is -2.56. The molecule has 0 fully saturated rings. The van der Waals surface area contributed by atoms with E-state index >= 15 is 0 Å². The molecule has 110 valence electrons. The van der Waals surface area contributed by atoms with Crippen molar-refractivity contribution in [2.45, 2.75) is 26.9 Å². The number of hydrogen-bond donors (Lipinski definition) is 1. The van der Waals surface area contributed by atoms with Crippen LogP contribution in [0.15, 0.2) is 45.9 Å². The summed E-state index contributed by atoms with van der Waals surface area (Å²) in [4.78, 5) is 12.1. The van der Waals surface area contributed by atoms with Crippen molar-refractivity contribution >= 4 is 12.1 Å². The highest BCUT2D eigenvalue weighted by atomic mass is 16.5. The number of nitrogens with one attached hydrogen (secondary N) is 1. The molecule has 1 N–H and O–H groups in total. The fourth-order valence-corrected chi connectivity index (χ4v) is 1.75. The first-order chi connectivity index (χ1) is 10.1. The van der Waals surface area contributed by atoms with Gasteiger partial charge in [-0.15, -0.1) is 0 Å². The Morgan fingerprint density at radius 3 is 2.71 bits per heavy atom. The molecule has 0 aliphatic heterocycles. The van der Waals surface area contributed by atoms with Crippen molar-refractivity contribution in [1.82, 2.24) is 5.43 Å². The second-order valence-electron chi connectivity index (χ2n) is 4.81. The van der Waals surface area contributed by atoms with E-state index in [0.29, 0.717) is 17.1 Å². The fraction of sp³-hybridized carbons (Fsp3) is 0.250. The van der Waals surface area contributed by atoms with Gasteiger partial charge in [0.15, 0.2) is 0 Å². The predicted molar refractivity (Wildman–Crippen MR) is 80.7 cm³/mol. The molecule has 1 aromatic carbocycles. The van der Waals surface area contributed by atoms with Crippen molar-refractivity contribution < 1.29 is 13.9 Å². The standard InChI is InChI=1S/C16H18N2O3/c1-11(2)20-15-7-5-4-6-14(15)16(19)18-17-10-13-9-8-12(3)21-13/h4-11H,1-3H3,(H,18,19). The minimum absolute atomic E-state index is 0.00598. The number of ether oxygens (including phenoxy) is 1. The molecule has 0 bridgehead atoms. The molecule has 0 saturated heterocycles. The van der Waals surface area contributed by atoms with E-state index in [1.807, 2.05) is 32.9 Å². The van der Waals surface area contributed by atoms with Gasteiger partial charge >= 0.3 is 0 Å². The van der Waals surface area contributed by atoms with Gasteiger partial charge in [0.2, 0.25) is 0 Å². The number of amides is 1. The summed E-state index contributed by atoms with van der Waals surface area (Å²) in [6.45, 7) is 5.66. The van der Waals surface area contributed by atoms with Gasteiger partial charge in [-0.3, -0.25) is 4.79 Å². The lowest BCUT2D eigenvalue weighted by molar-refractivity contribution is 0.0949. The molecule has 0 aliphatic carbocycles. The number of hydrazone groups is 1. The van der Waals surface area contributed by atoms with Crippen molar-refractivity contribution in [2.75, 3.05) is 0 Å². The Balaban J connectivity index is 2.05. The van der Waals surface area contributed by atoms with Crippen LogP contribution in [0.25, 0.3) is 0 Å². The van der Waals surface area contributed by atoms with Crippen LogP contribution in [0.4, 0.5) is 0 Å². The number of aryl methyl sites for hydroxylation is 1. The van der Waals surface area contributed by atoms with Crippen molar-refractivity contribution in [3.8, 4) is 5.75 Å². The lowest BCUT2D eigenvalue weighted by Gasteiger charge is -2.12. The third kappa shape index (κ3) is 4.21. The van der Waals surface area contributed by atoms with Crippen LogP contribution in [0.5, 0.6) is 5.75 Å². The zero-order chi connectivity index (χ0) is 15.2. The molecule has 1 amide bonds. The Kier molecular flexibility index (Phi) is 4.77. The zero-order valence-electron chi connectivity index (χ0n) is 12.3. The quantitative estimate of drug-likeness (QED) is 0.678. The molecule has 1 heterocycles. The topological polar surface area (TPSA) is 63.8 Å². The number of nitrogens with zero attached hydrogens (tertiary/aromatic N) is 1. The minimum atomic E-state index is -0.328. The average molecular weight is 286 g/mol. The summed E-state index contributed by atoms with van der Waals surface area (Å²) in [6, 6.07) is 10.7. The summed E-state index contributed by atoms with van der Waals surface area (Å²) < 4.78 is 10.9. The first-order valence-electron chi connectivity index (χ1n) is 6.72. The number of hydrogen-bond acceptors (Lipinski definition) is 4. The number of benzene rings is 1. The van der Waals surface area contributed by atoms with Gasteiger partial charge in [-0.1, -0.05) is 12.1 Å². The van der Waals surface area contributed by atoms with Gasteiger partial charge in [0, 0.05) is 0 Å². The molecule has 2 aromatic rings. The van der Waals surface area contributed by atoms with Crippen LogP contribution in [0.3, 0.4) is 0 Å². The van der Waals surface area contributed by atoms with Gasteiger partial charge < -0.3 is 9.15 Å². The SMILES string of the molecule is Cc1ccc(C=NNC(=O)c2ccccc2OC(C)C)o1. The molecular formula is C16H18N2O3. The van der Waals surface area contributed by atoms with E-state index in [1.54, 1.807) is 24.3 Å². The van der Waals surface area contributed by atoms with Crippen LogP contribution in [0.2, 0.25) is 0 Å². The second kappa shape index (κ2) is 6.74. The van der Waals surface area contributed by atoms with Crippen molar-refractivity contribution in [1.29, 1.82) is 0 Å². The van der Waals surface area contributed by atoms with Crippen LogP contribution < -0.4 is 10.2 Å². The van der Waals surface area contributed by atoms with Gasteiger partial charge in [0.1, 0.15) is 17.3 Å². The molecule has 0 spiro atoms. The van der Waals surface area contributed by atoms with Crippen molar-refractivity contribution in [3.05, 3.63) is 53.5 Å². The summed E-state index contributed by atoms with van der Waals surface area (Å²) in [5.41, 5.74) is 2.90. The van der Waals surface area contributed by atoms with Gasteiger partial charge in [0.05, 0.1) is 17.9 Å². The molecular weight excluding hydrogens is 268 g/mol. The smallest absolute Gasteiger partial charge is 0.275 e. The first kappa shape index (κ1) is 14.8. The molecule has 0 unspecified atom stereocenters. The number of para-hydroxylation sites is 1. The number of carbonyl (C=O) groups excluding carboxylic acids is 1. The normalized spacial score (nSPS) is 11.0. The fourth-order valence-electron chi connectivity index (χ4n) is 1.75. The van der Waals surface area contributed by atoms with Gasteiger partial charge in [-0.2, -0.15) is 5.10 Å². The van der Waals surface area contributed by atoms with Crippen LogP contribution in [-0.2, 0) is 0 Å². The summed E-state index contributed by atoms with van der Waals surface area (Å²) in [6.07, 6.45) is 1.45. The monoisotopic (exact) mass is 286 g/mol. The van der Waals surface area contributed by atoms with Crippen LogP contribution in [0, 0.1) is 6.92 Å². The van der Waals surface area contributed by atoms with E-state index in [2.05, 4.69) is 10.5 Å². The average Bonchev–Trinajstić information content (AvgIpc) is 2.84. The van der Waals surface area contributed by atoms with E-state index in [1.165, 1.54) is 6.21 Å². The number of rotatable bonds is 5.